The summed E-state index contributed by atoms with van der Waals surface area (Å²) >= 11 is 0. The lowest BCUT2D eigenvalue weighted by Gasteiger charge is -2.50. The maximum Gasteiger partial charge on any atom is 0.219 e. The minimum absolute atomic E-state index is 0.0442. The summed E-state index contributed by atoms with van der Waals surface area (Å²) in [6, 6.07) is 19.4. The number of carbonyl (C=O) groups is 1. The topological polar surface area (TPSA) is 32.8 Å². The summed E-state index contributed by atoms with van der Waals surface area (Å²) in [6.07, 6.45) is 2.05. The Bertz CT molecular complexity index is 821. The van der Waals surface area contributed by atoms with Crippen molar-refractivity contribution in [3.8, 4) is 5.75 Å². The van der Waals surface area contributed by atoms with Gasteiger partial charge in [-0.3, -0.25) is 4.79 Å². The van der Waals surface area contributed by atoms with Crippen molar-refractivity contribution in [2.75, 3.05) is 27.2 Å². The molecule has 3 rings (SSSR count). The second-order valence-corrected chi connectivity index (χ2v) is 8.95. The van der Waals surface area contributed by atoms with Crippen molar-refractivity contribution in [3.63, 3.8) is 0 Å². The molecule has 1 fully saturated rings. The Morgan fingerprint density at radius 1 is 1.13 bits per heavy atom. The van der Waals surface area contributed by atoms with Gasteiger partial charge in [-0.25, -0.2) is 0 Å². The van der Waals surface area contributed by atoms with Crippen molar-refractivity contribution in [2.24, 2.45) is 5.92 Å². The standard InChI is InChI=1S/C26H36N2O2/c1-20-18-27(4)21(2)17-26(20,24-11-13-25(30-5)14-12-24)15-16-28(22(3)29)19-23-9-7-6-8-10-23/h6-14,20-21H,15-19H2,1-5H3. The minimum Gasteiger partial charge on any atom is -0.497 e. The number of nitrogens with zero attached hydrogens (tertiary/aromatic N) is 2. The van der Waals surface area contributed by atoms with Crippen LogP contribution in [0.5, 0.6) is 5.75 Å². The number of methoxy groups -OCH3 is 1. The van der Waals surface area contributed by atoms with Gasteiger partial charge in [0.05, 0.1) is 7.11 Å². The molecule has 4 nitrogen and oxygen atoms in total. The lowest BCUT2D eigenvalue weighted by Crippen LogP contribution is -2.52. The number of rotatable bonds is 7. The van der Waals surface area contributed by atoms with E-state index in [1.54, 1.807) is 14.0 Å². The molecule has 0 N–H and O–H groups in total. The Morgan fingerprint density at radius 3 is 2.40 bits per heavy atom. The summed E-state index contributed by atoms with van der Waals surface area (Å²) in [4.78, 5) is 16.9. The first-order valence-corrected chi connectivity index (χ1v) is 11.0. The lowest BCUT2D eigenvalue weighted by molar-refractivity contribution is -0.129. The van der Waals surface area contributed by atoms with Gasteiger partial charge in [-0.2, -0.15) is 0 Å². The summed E-state index contributed by atoms with van der Waals surface area (Å²) in [5.41, 5.74) is 2.58. The van der Waals surface area contributed by atoms with E-state index in [2.05, 4.69) is 62.2 Å². The zero-order valence-corrected chi connectivity index (χ0v) is 19.1. The van der Waals surface area contributed by atoms with Crippen molar-refractivity contribution in [1.82, 2.24) is 9.80 Å². The average Bonchev–Trinajstić information content (AvgIpc) is 2.75. The highest BCUT2D eigenvalue weighted by Gasteiger charge is 2.43. The van der Waals surface area contributed by atoms with E-state index >= 15 is 0 Å². The van der Waals surface area contributed by atoms with Crippen LogP contribution in [-0.2, 0) is 16.8 Å². The van der Waals surface area contributed by atoms with Crippen LogP contribution in [-0.4, -0.2) is 49.0 Å². The quantitative estimate of drug-likeness (QED) is 0.664. The molecule has 1 aliphatic heterocycles. The first-order chi connectivity index (χ1) is 14.4. The number of amides is 1. The molecule has 2 aromatic carbocycles. The second-order valence-electron chi connectivity index (χ2n) is 8.95. The van der Waals surface area contributed by atoms with Crippen molar-refractivity contribution < 1.29 is 9.53 Å². The van der Waals surface area contributed by atoms with E-state index in [-0.39, 0.29) is 11.3 Å². The van der Waals surface area contributed by atoms with E-state index < -0.39 is 0 Å². The van der Waals surface area contributed by atoms with Gasteiger partial charge in [-0.1, -0.05) is 49.4 Å². The molecule has 4 heteroatoms. The van der Waals surface area contributed by atoms with E-state index in [1.807, 2.05) is 23.1 Å². The summed E-state index contributed by atoms with van der Waals surface area (Å²) < 4.78 is 5.39. The molecule has 3 unspecified atom stereocenters. The Hall–Kier alpha value is -2.33. The summed E-state index contributed by atoms with van der Waals surface area (Å²) in [6.45, 7) is 8.85. The molecule has 3 atom stereocenters. The van der Waals surface area contributed by atoms with Gasteiger partial charge >= 0.3 is 0 Å². The molecule has 0 radical (unpaired) electrons. The fourth-order valence-corrected chi connectivity index (χ4v) is 4.98. The first-order valence-electron chi connectivity index (χ1n) is 11.0. The van der Waals surface area contributed by atoms with Crippen LogP contribution >= 0.6 is 0 Å². The normalized spacial score (nSPS) is 24.4. The summed E-state index contributed by atoms with van der Waals surface area (Å²) in [5, 5.41) is 0. The van der Waals surface area contributed by atoms with E-state index in [0.29, 0.717) is 18.5 Å². The molecule has 30 heavy (non-hydrogen) atoms. The third kappa shape index (κ3) is 4.86. The molecular weight excluding hydrogens is 372 g/mol. The molecule has 0 saturated carbocycles. The van der Waals surface area contributed by atoms with E-state index in [0.717, 1.165) is 31.7 Å². The lowest BCUT2D eigenvalue weighted by atomic mass is 9.63. The number of ether oxygens (including phenoxy) is 1. The van der Waals surface area contributed by atoms with Crippen molar-refractivity contribution >= 4 is 5.91 Å². The zero-order valence-electron chi connectivity index (χ0n) is 19.1. The molecule has 1 heterocycles. The van der Waals surface area contributed by atoms with E-state index in [1.165, 1.54) is 11.1 Å². The first kappa shape index (κ1) is 22.4. The highest BCUT2D eigenvalue weighted by molar-refractivity contribution is 5.73. The Labute approximate surface area is 181 Å². The molecule has 0 bridgehead atoms. The van der Waals surface area contributed by atoms with Crippen molar-refractivity contribution in [1.29, 1.82) is 0 Å². The fraction of sp³-hybridized carbons (Fsp3) is 0.500. The average molecular weight is 409 g/mol. The van der Waals surface area contributed by atoms with Crippen LogP contribution in [0.15, 0.2) is 54.6 Å². The summed E-state index contributed by atoms with van der Waals surface area (Å²) in [5.74, 6) is 1.52. The number of hydrogen-bond acceptors (Lipinski definition) is 3. The zero-order chi connectivity index (χ0) is 21.7. The number of likely N-dealkylation sites (tertiary alicyclic amines) is 1. The van der Waals surface area contributed by atoms with Gasteiger partial charge in [-0.15, -0.1) is 0 Å². The molecule has 1 saturated heterocycles. The van der Waals surface area contributed by atoms with Crippen molar-refractivity contribution in [2.45, 2.75) is 51.6 Å². The minimum atomic E-state index is 0.0442. The van der Waals surface area contributed by atoms with Gasteiger partial charge in [0, 0.05) is 38.0 Å². The maximum atomic E-state index is 12.4. The van der Waals surface area contributed by atoms with Gasteiger partial charge in [0.1, 0.15) is 5.75 Å². The van der Waals surface area contributed by atoms with Gasteiger partial charge in [0.2, 0.25) is 5.91 Å². The molecule has 2 aromatic rings. The number of benzene rings is 2. The third-order valence-corrected chi connectivity index (χ3v) is 7.07. The van der Waals surface area contributed by atoms with Crippen LogP contribution in [0.1, 0.15) is 44.7 Å². The molecule has 1 aliphatic rings. The number of carbonyl (C=O) groups excluding carboxylic acids is 1. The van der Waals surface area contributed by atoms with E-state index in [9.17, 15) is 4.79 Å². The second kappa shape index (κ2) is 9.65. The SMILES string of the molecule is COc1ccc(C2(CCN(Cc3ccccc3)C(C)=O)CC(C)N(C)CC2C)cc1. The van der Waals surface area contributed by atoms with Gasteiger partial charge < -0.3 is 14.5 Å². The van der Waals surface area contributed by atoms with Crippen LogP contribution in [0.25, 0.3) is 0 Å². The van der Waals surface area contributed by atoms with Gasteiger partial charge in [-0.05, 0) is 56.0 Å². The van der Waals surface area contributed by atoms with Gasteiger partial charge in [0.15, 0.2) is 0 Å². The molecule has 1 amide bonds. The predicted molar refractivity (Wildman–Crippen MR) is 123 cm³/mol. The number of piperidine rings is 1. The maximum absolute atomic E-state index is 12.4. The molecule has 0 spiro atoms. The Balaban J connectivity index is 1.87. The predicted octanol–water partition coefficient (Wildman–Crippen LogP) is 4.73. The van der Waals surface area contributed by atoms with Gasteiger partial charge in [0.25, 0.3) is 0 Å². The monoisotopic (exact) mass is 408 g/mol. The van der Waals surface area contributed by atoms with Crippen molar-refractivity contribution in [3.05, 3.63) is 65.7 Å². The van der Waals surface area contributed by atoms with Crippen LogP contribution in [0.4, 0.5) is 0 Å². The van der Waals surface area contributed by atoms with Crippen LogP contribution in [0.3, 0.4) is 0 Å². The smallest absolute Gasteiger partial charge is 0.219 e. The molecular formula is C26H36N2O2. The fourth-order valence-electron chi connectivity index (χ4n) is 4.98. The molecule has 0 aliphatic carbocycles. The van der Waals surface area contributed by atoms with E-state index in [4.69, 9.17) is 4.74 Å². The largest absolute Gasteiger partial charge is 0.497 e. The Morgan fingerprint density at radius 2 is 1.80 bits per heavy atom. The summed E-state index contributed by atoms with van der Waals surface area (Å²) in [7, 11) is 3.93. The van der Waals surface area contributed by atoms with Crippen LogP contribution in [0, 0.1) is 5.92 Å². The van der Waals surface area contributed by atoms with Crippen LogP contribution < -0.4 is 4.74 Å². The highest BCUT2D eigenvalue weighted by Crippen LogP contribution is 2.45. The Kier molecular flexibility index (Phi) is 7.19. The van der Waals surface area contributed by atoms with Crippen LogP contribution in [0.2, 0.25) is 0 Å². The molecule has 0 aromatic heterocycles. The molecule has 162 valence electrons. The third-order valence-electron chi connectivity index (χ3n) is 7.07. The highest BCUT2D eigenvalue weighted by atomic mass is 16.5. The number of hydrogen-bond donors (Lipinski definition) is 0.